The maximum absolute atomic E-state index is 13.3. The van der Waals surface area contributed by atoms with Crippen LogP contribution in [0.2, 0.25) is 0 Å². The van der Waals surface area contributed by atoms with Crippen LogP contribution in [0.1, 0.15) is 37.1 Å². The fourth-order valence-corrected chi connectivity index (χ4v) is 5.28. The van der Waals surface area contributed by atoms with Crippen molar-refractivity contribution >= 4 is 33.3 Å². The Morgan fingerprint density at radius 3 is 2.40 bits per heavy atom. The molecule has 6 nitrogen and oxygen atoms in total. The molecule has 5 aromatic rings. The van der Waals surface area contributed by atoms with Crippen LogP contribution < -0.4 is 0 Å². The third-order valence-electron chi connectivity index (χ3n) is 5.90. The Bertz CT molecular complexity index is 1560. The van der Waals surface area contributed by atoms with Crippen molar-refractivity contribution in [2.75, 3.05) is 6.61 Å². The molecule has 0 radical (unpaired) electrons. The number of benzene rings is 2. The van der Waals surface area contributed by atoms with Crippen molar-refractivity contribution in [3.05, 3.63) is 100 Å². The lowest BCUT2D eigenvalue weighted by Gasteiger charge is -2.10. The van der Waals surface area contributed by atoms with Crippen molar-refractivity contribution in [2.45, 2.75) is 20.8 Å². The number of ketones is 1. The Hall–Kier alpha value is -4.04. The van der Waals surface area contributed by atoms with Crippen LogP contribution in [0.25, 0.3) is 21.6 Å². The summed E-state index contributed by atoms with van der Waals surface area (Å²) in [4.78, 5) is 26.9. The molecule has 0 bridgehead atoms. The van der Waals surface area contributed by atoms with Crippen LogP contribution in [0.3, 0.4) is 0 Å². The van der Waals surface area contributed by atoms with Crippen LogP contribution in [0.5, 0.6) is 0 Å². The average molecular weight is 488 g/mol. The standard InChI is InChI=1S/C27H22FN3O3S/c1-16-13-23(18(3)30(16)20-11-9-19(28)10-12-20)24(32)15-34-27(33)25-14-22-17(2)29-31(26(22)35-25)21-7-5-4-6-8-21/h4-14H,15H2,1-3H3. The summed E-state index contributed by atoms with van der Waals surface area (Å²) in [5.74, 6) is -1.18. The molecule has 0 fully saturated rings. The second-order valence-corrected chi connectivity index (χ2v) is 9.29. The van der Waals surface area contributed by atoms with E-state index in [4.69, 9.17) is 4.74 Å². The van der Waals surface area contributed by atoms with Gasteiger partial charge in [0, 0.05) is 28.0 Å². The lowest BCUT2D eigenvalue weighted by atomic mass is 10.1. The van der Waals surface area contributed by atoms with Gasteiger partial charge in [-0.1, -0.05) is 18.2 Å². The summed E-state index contributed by atoms with van der Waals surface area (Å²) < 4.78 is 22.4. The lowest BCUT2D eigenvalue weighted by Crippen LogP contribution is -2.14. The lowest BCUT2D eigenvalue weighted by molar-refractivity contribution is 0.0479. The van der Waals surface area contributed by atoms with Crippen molar-refractivity contribution in [3.8, 4) is 11.4 Å². The third kappa shape index (κ3) is 4.17. The topological polar surface area (TPSA) is 66.1 Å². The molecule has 0 aliphatic carbocycles. The maximum atomic E-state index is 13.3. The number of carbonyl (C=O) groups excluding carboxylic acids is 2. The van der Waals surface area contributed by atoms with Crippen LogP contribution in [0.15, 0.2) is 66.7 Å². The van der Waals surface area contributed by atoms with Gasteiger partial charge in [-0.3, -0.25) is 4.79 Å². The zero-order valence-electron chi connectivity index (χ0n) is 19.4. The number of nitrogens with zero attached hydrogens (tertiary/aromatic N) is 3. The van der Waals surface area contributed by atoms with Gasteiger partial charge < -0.3 is 9.30 Å². The van der Waals surface area contributed by atoms with Crippen molar-refractivity contribution in [3.63, 3.8) is 0 Å². The predicted molar refractivity (Wildman–Crippen MR) is 133 cm³/mol. The van der Waals surface area contributed by atoms with Crippen LogP contribution >= 0.6 is 11.3 Å². The normalized spacial score (nSPS) is 11.2. The summed E-state index contributed by atoms with van der Waals surface area (Å²) in [7, 11) is 0. The SMILES string of the molecule is Cc1nn(-c2ccccc2)c2sc(C(=O)OCC(=O)c3cc(C)n(-c4ccc(F)cc4)c3C)cc12. The molecule has 0 aliphatic rings. The fourth-order valence-electron chi connectivity index (χ4n) is 4.20. The van der Waals surface area contributed by atoms with E-state index >= 15 is 0 Å². The molecule has 0 aliphatic heterocycles. The van der Waals surface area contributed by atoms with Crippen LogP contribution in [0, 0.1) is 26.6 Å². The Balaban J connectivity index is 1.34. The summed E-state index contributed by atoms with van der Waals surface area (Å²) in [6, 6.07) is 19.3. The summed E-state index contributed by atoms with van der Waals surface area (Å²) in [6.07, 6.45) is 0. The number of thiophene rings is 1. The molecule has 5 rings (SSSR count). The highest BCUT2D eigenvalue weighted by Crippen LogP contribution is 2.31. The highest BCUT2D eigenvalue weighted by atomic mass is 32.1. The summed E-state index contributed by atoms with van der Waals surface area (Å²) >= 11 is 1.28. The monoisotopic (exact) mass is 487 g/mol. The van der Waals surface area contributed by atoms with Gasteiger partial charge in [0.25, 0.3) is 0 Å². The van der Waals surface area contributed by atoms with Crippen molar-refractivity contribution in [2.24, 2.45) is 0 Å². The van der Waals surface area contributed by atoms with Gasteiger partial charge >= 0.3 is 5.97 Å². The average Bonchev–Trinajstić information content (AvgIpc) is 3.51. The predicted octanol–water partition coefficient (Wildman–Crippen LogP) is 5.98. The summed E-state index contributed by atoms with van der Waals surface area (Å²) in [6.45, 7) is 5.21. The second kappa shape index (κ2) is 8.96. The molecule has 0 atom stereocenters. The van der Waals surface area contributed by atoms with Gasteiger partial charge in [0.1, 0.15) is 15.5 Å². The zero-order chi connectivity index (χ0) is 24.7. The number of hydrogen-bond donors (Lipinski definition) is 0. The number of Topliss-reactive ketones (excluding diaryl/α,β-unsaturated/α-hetero) is 1. The first kappa shape index (κ1) is 22.7. The number of carbonyl (C=O) groups is 2. The first-order valence-electron chi connectivity index (χ1n) is 11.0. The molecule has 0 saturated carbocycles. The van der Waals surface area contributed by atoms with Gasteiger partial charge in [-0.25, -0.2) is 13.9 Å². The van der Waals surface area contributed by atoms with Gasteiger partial charge in [0.15, 0.2) is 6.61 Å². The number of rotatable bonds is 6. The van der Waals surface area contributed by atoms with E-state index < -0.39 is 5.97 Å². The van der Waals surface area contributed by atoms with Gasteiger partial charge in [-0.2, -0.15) is 5.10 Å². The number of aromatic nitrogens is 3. The van der Waals surface area contributed by atoms with E-state index in [-0.39, 0.29) is 18.2 Å². The molecule has 2 aromatic carbocycles. The van der Waals surface area contributed by atoms with E-state index in [1.165, 1.54) is 23.5 Å². The quantitative estimate of drug-likeness (QED) is 0.218. The smallest absolute Gasteiger partial charge is 0.348 e. The second-order valence-electron chi connectivity index (χ2n) is 8.26. The van der Waals surface area contributed by atoms with Crippen LogP contribution in [0.4, 0.5) is 4.39 Å². The minimum Gasteiger partial charge on any atom is -0.453 e. The maximum Gasteiger partial charge on any atom is 0.348 e. The summed E-state index contributed by atoms with van der Waals surface area (Å²) in [5, 5.41) is 5.46. The first-order chi connectivity index (χ1) is 16.8. The van der Waals surface area contributed by atoms with E-state index in [0.717, 1.165) is 33.0 Å². The first-order valence-corrected chi connectivity index (χ1v) is 11.8. The highest BCUT2D eigenvalue weighted by molar-refractivity contribution is 7.20. The number of ether oxygens (including phenoxy) is 1. The number of hydrogen-bond acceptors (Lipinski definition) is 5. The van der Waals surface area contributed by atoms with E-state index in [9.17, 15) is 14.0 Å². The largest absolute Gasteiger partial charge is 0.453 e. The van der Waals surface area contributed by atoms with Crippen molar-refractivity contribution in [1.82, 2.24) is 14.3 Å². The molecule has 35 heavy (non-hydrogen) atoms. The number of para-hydroxylation sites is 1. The van der Waals surface area contributed by atoms with Crippen molar-refractivity contribution in [1.29, 1.82) is 0 Å². The molecular formula is C27H22FN3O3S. The van der Waals surface area contributed by atoms with Gasteiger partial charge in [-0.15, -0.1) is 11.3 Å². The van der Waals surface area contributed by atoms with E-state index in [0.29, 0.717) is 16.1 Å². The zero-order valence-corrected chi connectivity index (χ0v) is 20.2. The Morgan fingerprint density at radius 1 is 0.971 bits per heavy atom. The van der Waals surface area contributed by atoms with Gasteiger partial charge in [0.2, 0.25) is 5.78 Å². The molecule has 0 amide bonds. The molecule has 0 spiro atoms. The van der Waals surface area contributed by atoms with Crippen molar-refractivity contribution < 1.29 is 18.7 Å². The third-order valence-corrected chi connectivity index (χ3v) is 6.99. The fraction of sp³-hybridized carbons (Fsp3) is 0.148. The molecule has 0 saturated heterocycles. The molecule has 0 unspecified atom stereocenters. The molecular weight excluding hydrogens is 465 g/mol. The number of aryl methyl sites for hydroxylation is 2. The van der Waals surface area contributed by atoms with E-state index in [1.807, 2.05) is 60.4 Å². The summed E-state index contributed by atoms with van der Waals surface area (Å²) in [5.41, 5.74) is 4.46. The minimum atomic E-state index is -0.550. The number of esters is 1. The number of fused-ring (bicyclic) bond motifs is 1. The molecule has 3 aromatic heterocycles. The van der Waals surface area contributed by atoms with E-state index in [2.05, 4.69) is 5.10 Å². The Labute approximate surface area is 205 Å². The molecule has 3 heterocycles. The highest BCUT2D eigenvalue weighted by Gasteiger charge is 2.21. The molecule has 0 N–H and O–H groups in total. The van der Waals surface area contributed by atoms with Crippen LogP contribution in [-0.2, 0) is 4.74 Å². The number of halogens is 1. The Kier molecular flexibility index (Phi) is 5.82. The van der Waals surface area contributed by atoms with E-state index in [1.54, 1.807) is 24.3 Å². The van der Waals surface area contributed by atoms with Gasteiger partial charge in [-0.05, 0) is 69.3 Å². The Morgan fingerprint density at radius 2 is 1.69 bits per heavy atom. The molecule has 176 valence electrons. The minimum absolute atomic E-state index is 0.299. The van der Waals surface area contributed by atoms with Crippen LogP contribution in [-0.4, -0.2) is 32.7 Å². The van der Waals surface area contributed by atoms with Gasteiger partial charge in [0.05, 0.1) is 11.4 Å². The molecule has 8 heteroatoms.